The largest absolute Gasteiger partial charge is 0.507 e. The van der Waals surface area contributed by atoms with Crippen molar-refractivity contribution in [2.75, 3.05) is 7.11 Å². The molecule has 3 rings (SSSR count). The standard InChI is InChI=1S/C21H20O5/c1-21(2)9-8-14-11-15(18(24)12-19(14)26-21)16(22)6-4-13-5-7-17(23)20(10-13)25-3/h4-12,23-24H,1-3H3/b6-4+. The van der Waals surface area contributed by atoms with E-state index in [1.165, 1.54) is 25.3 Å². The molecule has 26 heavy (non-hydrogen) atoms. The summed E-state index contributed by atoms with van der Waals surface area (Å²) in [5.74, 6) is 0.418. The first-order valence-corrected chi connectivity index (χ1v) is 8.14. The van der Waals surface area contributed by atoms with Crippen molar-refractivity contribution < 1.29 is 24.5 Å². The molecule has 0 spiro atoms. The van der Waals surface area contributed by atoms with Crippen LogP contribution in [0.1, 0.15) is 35.3 Å². The van der Waals surface area contributed by atoms with Crippen molar-refractivity contribution in [2.45, 2.75) is 19.4 Å². The molecule has 0 aromatic heterocycles. The number of methoxy groups -OCH3 is 1. The highest BCUT2D eigenvalue weighted by molar-refractivity contribution is 6.09. The third-order valence-corrected chi connectivity index (χ3v) is 4.06. The Morgan fingerprint density at radius 3 is 2.65 bits per heavy atom. The molecule has 1 aliphatic rings. The Morgan fingerprint density at radius 1 is 1.15 bits per heavy atom. The number of aromatic hydroxyl groups is 2. The van der Waals surface area contributed by atoms with Crippen molar-refractivity contribution >= 4 is 17.9 Å². The molecule has 0 radical (unpaired) electrons. The van der Waals surface area contributed by atoms with Crippen molar-refractivity contribution in [2.24, 2.45) is 0 Å². The van der Waals surface area contributed by atoms with Crippen LogP contribution in [0.25, 0.3) is 12.2 Å². The molecule has 2 N–H and O–H groups in total. The Morgan fingerprint density at radius 2 is 1.92 bits per heavy atom. The van der Waals surface area contributed by atoms with Gasteiger partial charge in [0.15, 0.2) is 17.3 Å². The van der Waals surface area contributed by atoms with E-state index < -0.39 is 5.60 Å². The van der Waals surface area contributed by atoms with Crippen LogP contribution < -0.4 is 9.47 Å². The normalized spacial score (nSPS) is 14.7. The smallest absolute Gasteiger partial charge is 0.189 e. The van der Waals surface area contributed by atoms with Gasteiger partial charge < -0.3 is 19.7 Å². The fourth-order valence-corrected chi connectivity index (χ4v) is 2.67. The number of benzene rings is 2. The summed E-state index contributed by atoms with van der Waals surface area (Å²) in [4.78, 5) is 12.5. The Labute approximate surface area is 151 Å². The molecule has 0 unspecified atom stereocenters. The van der Waals surface area contributed by atoms with Gasteiger partial charge in [0.1, 0.15) is 17.1 Å². The molecule has 0 saturated carbocycles. The average Bonchev–Trinajstić information content (AvgIpc) is 2.59. The number of carbonyl (C=O) groups excluding carboxylic acids is 1. The SMILES string of the molecule is COc1cc(/C=C/C(=O)c2cc3c(cc2O)OC(C)(C)C=C3)ccc1O. The van der Waals surface area contributed by atoms with E-state index >= 15 is 0 Å². The van der Waals surface area contributed by atoms with E-state index in [0.717, 1.165) is 5.56 Å². The Bertz CT molecular complexity index is 922. The molecule has 0 saturated heterocycles. The van der Waals surface area contributed by atoms with Crippen LogP contribution in [-0.2, 0) is 0 Å². The van der Waals surface area contributed by atoms with Gasteiger partial charge in [0.2, 0.25) is 0 Å². The van der Waals surface area contributed by atoms with Crippen molar-refractivity contribution in [1.29, 1.82) is 0 Å². The molecule has 0 atom stereocenters. The number of hydrogen-bond acceptors (Lipinski definition) is 5. The first kappa shape index (κ1) is 17.6. The first-order chi connectivity index (χ1) is 12.3. The van der Waals surface area contributed by atoms with E-state index in [-0.39, 0.29) is 22.8 Å². The number of phenolic OH excluding ortho intramolecular Hbond substituents is 2. The predicted octanol–water partition coefficient (Wildman–Crippen LogP) is 4.19. The van der Waals surface area contributed by atoms with Crippen LogP contribution in [0.3, 0.4) is 0 Å². The van der Waals surface area contributed by atoms with Gasteiger partial charge >= 0.3 is 0 Å². The summed E-state index contributed by atoms with van der Waals surface area (Å²) in [5, 5.41) is 19.8. The number of ether oxygens (including phenoxy) is 2. The van der Waals surface area contributed by atoms with E-state index in [4.69, 9.17) is 9.47 Å². The molecule has 2 aromatic carbocycles. The quantitative estimate of drug-likeness (QED) is 0.637. The lowest BCUT2D eigenvalue weighted by atomic mass is 9.98. The number of phenols is 2. The summed E-state index contributed by atoms with van der Waals surface area (Å²) in [6, 6.07) is 7.84. The highest BCUT2D eigenvalue weighted by Crippen LogP contribution is 2.36. The van der Waals surface area contributed by atoms with Crippen LogP contribution >= 0.6 is 0 Å². The van der Waals surface area contributed by atoms with E-state index in [9.17, 15) is 15.0 Å². The second kappa shape index (κ2) is 6.59. The molecule has 0 aliphatic carbocycles. The summed E-state index contributed by atoms with van der Waals surface area (Å²) < 4.78 is 10.8. The van der Waals surface area contributed by atoms with Gasteiger partial charge in [0.25, 0.3) is 0 Å². The van der Waals surface area contributed by atoms with Crippen molar-refractivity contribution in [3.8, 4) is 23.0 Å². The minimum Gasteiger partial charge on any atom is -0.507 e. The minimum atomic E-state index is -0.456. The Hall–Kier alpha value is -3.21. The Balaban J connectivity index is 1.87. The molecule has 134 valence electrons. The van der Waals surface area contributed by atoms with Crippen LogP contribution in [0.2, 0.25) is 0 Å². The van der Waals surface area contributed by atoms with Gasteiger partial charge in [-0.2, -0.15) is 0 Å². The fraction of sp³-hybridized carbons (Fsp3) is 0.190. The van der Waals surface area contributed by atoms with Crippen LogP contribution in [-0.4, -0.2) is 28.7 Å². The zero-order valence-corrected chi connectivity index (χ0v) is 14.8. The topological polar surface area (TPSA) is 76.0 Å². The lowest BCUT2D eigenvalue weighted by molar-refractivity contribution is 0.104. The van der Waals surface area contributed by atoms with Crippen LogP contribution in [0.4, 0.5) is 0 Å². The average molecular weight is 352 g/mol. The molecular formula is C21H20O5. The molecular weight excluding hydrogens is 332 g/mol. The first-order valence-electron chi connectivity index (χ1n) is 8.14. The molecule has 2 aromatic rings. The third-order valence-electron chi connectivity index (χ3n) is 4.06. The van der Waals surface area contributed by atoms with Crippen LogP contribution in [0, 0.1) is 0 Å². The maximum Gasteiger partial charge on any atom is 0.189 e. The third kappa shape index (κ3) is 3.57. The molecule has 1 heterocycles. The monoisotopic (exact) mass is 352 g/mol. The lowest BCUT2D eigenvalue weighted by Crippen LogP contribution is -2.27. The highest BCUT2D eigenvalue weighted by atomic mass is 16.5. The number of carbonyl (C=O) groups is 1. The number of rotatable bonds is 4. The predicted molar refractivity (Wildman–Crippen MR) is 99.9 cm³/mol. The van der Waals surface area contributed by atoms with Gasteiger partial charge in [-0.1, -0.05) is 18.2 Å². The van der Waals surface area contributed by atoms with Crippen molar-refractivity contribution in [1.82, 2.24) is 0 Å². The van der Waals surface area contributed by atoms with E-state index in [1.54, 1.807) is 24.3 Å². The Kier molecular flexibility index (Phi) is 4.47. The molecule has 0 bridgehead atoms. The van der Waals surface area contributed by atoms with Gasteiger partial charge in [-0.3, -0.25) is 4.79 Å². The highest BCUT2D eigenvalue weighted by Gasteiger charge is 2.23. The molecule has 1 aliphatic heterocycles. The van der Waals surface area contributed by atoms with E-state index in [1.807, 2.05) is 26.0 Å². The fourth-order valence-electron chi connectivity index (χ4n) is 2.67. The summed E-state index contributed by atoms with van der Waals surface area (Å²) in [6.07, 6.45) is 6.74. The number of fused-ring (bicyclic) bond motifs is 1. The second-order valence-electron chi connectivity index (χ2n) is 6.57. The van der Waals surface area contributed by atoms with Gasteiger partial charge in [0, 0.05) is 11.6 Å². The van der Waals surface area contributed by atoms with Crippen molar-refractivity contribution in [3.05, 3.63) is 59.2 Å². The lowest BCUT2D eigenvalue weighted by Gasteiger charge is -2.28. The zero-order chi connectivity index (χ0) is 18.9. The summed E-state index contributed by atoms with van der Waals surface area (Å²) in [7, 11) is 1.45. The number of hydrogen-bond donors (Lipinski definition) is 2. The van der Waals surface area contributed by atoms with Gasteiger partial charge in [-0.15, -0.1) is 0 Å². The van der Waals surface area contributed by atoms with Crippen molar-refractivity contribution in [3.63, 3.8) is 0 Å². The summed E-state index contributed by atoms with van der Waals surface area (Å²) in [5.41, 5.74) is 1.17. The zero-order valence-electron chi connectivity index (χ0n) is 14.8. The summed E-state index contributed by atoms with van der Waals surface area (Å²) in [6.45, 7) is 3.83. The molecule has 5 heteroatoms. The maximum absolute atomic E-state index is 12.5. The van der Waals surface area contributed by atoms with Crippen LogP contribution in [0.5, 0.6) is 23.0 Å². The summed E-state index contributed by atoms with van der Waals surface area (Å²) >= 11 is 0. The minimum absolute atomic E-state index is 0.0259. The van der Waals surface area contributed by atoms with E-state index in [2.05, 4.69) is 0 Å². The second-order valence-corrected chi connectivity index (χ2v) is 6.57. The van der Waals surface area contributed by atoms with Gasteiger partial charge in [-0.05, 0) is 49.8 Å². The molecule has 5 nitrogen and oxygen atoms in total. The van der Waals surface area contributed by atoms with Gasteiger partial charge in [-0.25, -0.2) is 0 Å². The molecule has 0 fully saturated rings. The maximum atomic E-state index is 12.5. The molecule has 0 amide bonds. The van der Waals surface area contributed by atoms with E-state index in [0.29, 0.717) is 17.1 Å². The van der Waals surface area contributed by atoms with Gasteiger partial charge in [0.05, 0.1) is 12.7 Å². The number of allylic oxidation sites excluding steroid dienone is 1. The van der Waals surface area contributed by atoms with Crippen LogP contribution in [0.15, 0.2) is 42.5 Å². The number of ketones is 1.